The lowest BCUT2D eigenvalue weighted by Gasteiger charge is -2.29. The maximum atomic E-state index is 12.4. The van der Waals surface area contributed by atoms with Crippen molar-refractivity contribution in [3.8, 4) is 0 Å². The highest BCUT2D eigenvalue weighted by atomic mass is 32.2. The van der Waals surface area contributed by atoms with Crippen molar-refractivity contribution in [3.63, 3.8) is 0 Å². The van der Waals surface area contributed by atoms with Crippen LogP contribution in [0.3, 0.4) is 0 Å². The number of nitrogens with zero attached hydrogens (tertiary/aromatic N) is 1. The van der Waals surface area contributed by atoms with Crippen LogP contribution in [0.5, 0.6) is 0 Å². The Labute approximate surface area is 173 Å². The third kappa shape index (κ3) is 5.88. The highest BCUT2D eigenvalue weighted by molar-refractivity contribution is 7.89. The molecule has 1 amide bonds. The molecule has 0 unspecified atom stereocenters. The van der Waals surface area contributed by atoms with Gasteiger partial charge in [-0.1, -0.05) is 30.3 Å². The Balaban J connectivity index is 1.45. The van der Waals surface area contributed by atoms with Crippen LogP contribution in [0.1, 0.15) is 18.4 Å². The molecule has 1 aliphatic rings. The molecular weight excluding hydrogens is 386 g/mol. The van der Waals surface area contributed by atoms with Gasteiger partial charge in [-0.2, -0.15) is 0 Å². The summed E-state index contributed by atoms with van der Waals surface area (Å²) in [6, 6.07) is 16.9. The predicted octanol–water partition coefficient (Wildman–Crippen LogP) is 1.41. The first-order chi connectivity index (χ1) is 13.8. The fraction of sp³-hybridized carbons (Fsp3) is 0.409. The Morgan fingerprint density at radius 2 is 1.66 bits per heavy atom. The Kier molecular flexibility index (Phi) is 7.05. The number of benzene rings is 2. The van der Waals surface area contributed by atoms with Crippen molar-refractivity contribution in [1.29, 1.82) is 0 Å². The smallest absolute Gasteiger partial charge is 0.279 e. The number of likely N-dealkylation sites (tertiary alicyclic amines) is 1. The molecule has 1 aliphatic heterocycles. The summed E-state index contributed by atoms with van der Waals surface area (Å²) in [5.41, 5.74) is 2.00. The number of hydrogen-bond donors (Lipinski definition) is 2. The van der Waals surface area contributed by atoms with Crippen molar-refractivity contribution < 1.29 is 18.1 Å². The Morgan fingerprint density at radius 1 is 1.03 bits per heavy atom. The van der Waals surface area contributed by atoms with E-state index in [1.807, 2.05) is 6.07 Å². The van der Waals surface area contributed by atoms with Crippen LogP contribution in [0.4, 0.5) is 5.69 Å². The van der Waals surface area contributed by atoms with Crippen molar-refractivity contribution in [2.24, 2.45) is 5.92 Å². The summed E-state index contributed by atoms with van der Waals surface area (Å²) in [6.07, 6.45) is 3.38. The van der Waals surface area contributed by atoms with Gasteiger partial charge in [-0.25, -0.2) is 12.7 Å². The van der Waals surface area contributed by atoms with Gasteiger partial charge in [0.15, 0.2) is 6.54 Å². The Morgan fingerprint density at radius 3 is 2.24 bits per heavy atom. The zero-order valence-electron chi connectivity index (χ0n) is 17.1. The van der Waals surface area contributed by atoms with Crippen LogP contribution < -0.4 is 10.2 Å². The van der Waals surface area contributed by atoms with Gasteiger partial charge in [0.2, 0.25) is 10.0 Å². The van der Waals surface area contributed by atoms with E-state index >= 15 is 0 Å². The number of rotatable bonds is 7. The van der Waals surface area contributed by atoms with E-state index < -0.39 is 10.0 Å². The molecule has 1 saturated heterocycles. The van der Waals surface area contributed by atoms with Crippen LogP contribution >= 0.6 is 0 Å². The molecule has 1 fully saturated rings. The second-order valence-corrected chi connectivity index (χ2v) is 10.1. The van der Waals surface area contributed by atoms with Gasteiger partial charge in [-0.15, -0.1) is 0 Å². The first-order valence-electron chi connectivity index (χ1n) is 10.0. The van der Waals surface area contributed by atoms with Gasteiger partial charge in [0, 0.05) is 19.8 Å². The van der Waals surface area contributed by atoms with E-state index in [2.05, 4.69) is 29.6 Å². The Hall–Kier alpha value is -2.22. The largest absolute Gasteiger partial charge is 0.327 e. The summed E-state index contributed by atoms with van der Waals surface area (Å²) in [6.45, 7) is 2.45. The standard InChI is InChI=1S/C22H29N3O3S/c1-24(2)29(27,28)21-10-8-20(9-11-21)23-22(26)17-25-14-12-19(13-15-25)16-18-6-4-3-5-7-18/h3-11,19H,12-17H2,1-2H3,(H,23,26)/p+1. The van der Waals surface area contributed by atoms with Gasteiger partial charge in [0.25, 0.3) is 5.91 Å². The van der Waals surface area contributed by atoms with E-state index in [9.17, 15) is 13.2 Å². The van der Waals surface area contributed by atoms with Crippen molar-refractivity contribution in [3.05, 3.63) is 60.2 Å². The minimum absolute atomic E-state index is 0.0373. The second kappa shape index (κ2) is 9.52. The zero-order valence-corrected chi connectivity index (χ0v) is 17.9. The number of sulfonamides is 1. The van der Waals surface area contributed by atoms with Crippen molar-refractivity contribution in [2.45, 2.75) is 24.2 Å². The molecule has 2 N–H and O–H groups in total. The minimum atomic E-state index is -3.46. The van der Waals surface area contributed by atoms with E-state index in [-0.39, 0.29) is 10.8 Å². The molecule has 29 heavy (non-hydrogen) atoms. The molecule has 0 atom stereocenters. The average Bonchev–Trinajstić information content (AvgIpc) is 2.70. The summed E-state index contributed by atoms with van der Waals surface area (Å²) in [5.74, 6) is 0.653. The fourth-order valence-corrected chi connectivity index (χ4v) is 4.67. The van der Waals surface area contributed by atoms with Crippen LogP contribution in [0.2, 0.25) is 0 Å². The number of amides is 1. The third-order valence-electron chi connectivity index (χ3n) is 5.51. The molecule has 0 radical (unpaired) electrons. The van der Waals surface area contributed by atoms with E-state index in [4.69, 9.17) is 0 Å². The molecule has 0 aliphatic carbocycles. The first kappa shape index (κ1) is 21.5. The SMILES string of the molecule is CN(C)S(=O)(=O)c1ccc(NC(=O)C[NH+]2CCC(Cc3ccccc3)CC2)cc1. The lowest BCUT2D eigenvalue weighted by atomic mass is 9.90. The van der Waals surface area contributed by atoms with Crippen LogP contribution in [0.25, 0.3) is 0 Å². The van der Waals surface area contributed by atoms with E-state index in [1.54, 1.807) is 12.1 Å². The van der Waals surface area contributed by atoms with Crippen molar-refractivity contribution >= 4 is 21.6 Å². The van der Waals surface area contributed by atoms with Crippen molar-refractivity contribution in [2.75, 3.05) is 39.0 Å². The normalized spacial score (nSPS) is 19.8. The lowest BCUT2D eigenvalue weighted by molar-refractivity contribution is -0.898. The molecule has 7 heteroatoms. The molecule has 1 heterocycles. The molecule has 156 valence electrons. The van der Waals surface area contributed by atoms with Crippen LogP contribution in [0, 0.1) is 5.92 Å². The van der Waals surface area contributed by atoms with Gasteiger partial charge in [-0.05, 0) is 55.0 Å². The molecule has 2 aromatic rings. The van der Waals surface area contributed by atoms with Gasteiger partial charge >= 0.3 is 0 Å². The maximum absolute atomic E-state index is 12.4. The van der Waals surface area contributed by atoms with Crippen LogP contribution in [-0.2, 0) is 21.2 Å². The van der Waals surface area contributed by atoms with Crippen molar-refractivity contribution in [1.82, 2.24) is 4.31 Å². The monoisotopic (exact) mass is 416 g/mol. The van der Waals surface area contributed by atoms with Gasteiger partial charge in [-0.3, -0.25) is 4.79 Å². The molecule has 0 spiro atoms. The van der Waals surface area contributed by atoms with Gasteiger partial charge in [0.05, 0.1) is 18.0 Å². The molecule has 2 aromatic carbocycles. The van der Waals surface area contributed by atoms with Gasteiger partial charge in [0.1, 0.15) is 0 Å². The van der Waals surface area contributed by atoms with E-state index in [0.29, 0.717) is 18.2 Å². The molecule has 0 aromatic heterocycles. The summed E-state index contributed by atoms with van der Waals surface area (Å²) in [4.78, 5) is 13.9. The van der Waals surface area contributed by atoms with E-state index in [1.165, 1.54) is 41.0 Å². The zero-order chi connectivity index (χ0) is 20.9. The highest BCUT2D eigenvalue weighted by Gasteiger charge is 2.24. The quantitative estimate of drug-likeness (QED) is 0.717. The van der Waals surface area contributed by atoms with E-state index in [0.717, 1.165) is 32.4 Å². The number of carbonyl (C=O) groups is 1. The maximum Gasteiger partial charge on any atom is 0.279 e. The number of piperidine rings is 1. The minimum Gasteiger partial charge on any atom is -0.327 e. The average molecular weight is 417 g/mol. The molecule has 0 bridgehead atoms. The van der Waals surface area contributed by atoms with Crippen LogP contribution in [0.15, 0.2) is 59.5 Å². The lowest BCUT2D eigenvalue weighted by Crippen LogP contribution is -3.14. The van der Waals surface area contributed by atoms with Gasteiger partial charge < -0.3 is 10.2 Å². The molecule has 3 rings (SSSR count). The Bertz CT molecular complexity index is 904. The predicted molar refractivity (Wildman–Crippen MR) is 114 cm³/mol. The molecule has 0 saturated carbocycles. The summed E-state index contributed by atoms with van der Waals surface area (Å²) >= 11 is 0. The number of anilines is 1. The first-order valence-corrected chi connectivity index (χ1v) is 11.5. The fourth-order valence-electron chi connectivity index (χ4n) is 3.77. The summed E-state index contributed by atoms with van der Waals surface area (Å²) < 4.78 is 25.4. The summed E-state index contributed by atoms with van der Waals surface area (Å²) in [5, 5.41) is 2.88. The molecule has 6 nitrogen and oxygen atoms in total. The number of quaternary nitrogens is 1. The molecular formula is C22H30N3O3S+. The second-order valence-electron chi connectivity index (χ2n) is 7.92. The number of carbonyl (C=O) groups excluding carboxylic acids is 1. The van der Waals surface area contributed by atoms with Crippen LogP contribution in [-0.4, -0.2) is 52.4 Å². The topological polar surface area (TPSA) is 70.9 Å². The number of nitrogens with one attached hydrogen (secondary N) is 2. The number of hydrogen-bond acceptors (Lipinski definition) is 3. The third-order valence-corrected chi connectivity index (χ3v) is 7.34. The highest BCUT2D eigenvalue weighted by Crippen LogP contribution is 2.17. The summed E-state index contributed by atoms with van der Waals surface area (Å²) in [7, 11) is -0.463.